The number of hydrogen-bond donors (Lipinski definition) is 1. The van der Waals surface area contributed by atoms with Crippen LogP contribution in [0.25, 0.3) is 0 Å². The highest BCUT2D eigenvalue weighted by molar-refractivity contribution is 9.10. The van der Waals surface area contributed by atoms with Crippen molar-refractivity contribution >= 4 is 27.6 Å². The second-order valence-corrected chi connectivity index (χ2v) is 5.40. The summed E-state index contributed by atoms with van der Waals surface area (Å²) in [6, 6.07) is 6.12. The molecule has 0 spiro atoms. The van der Waals surface area contributed by atoms with Crippen LogP contribution in [0.4, 0.5) is 5.69 Å². The number of carbonyl (C=O) groups excluding carboxylic acids is 1. The Balaban J connectivity index is 2.06. The zero-order valence-electron chi connectivity index (χ0n) is 10.5. The highest BCUT2D eigenvalue weighted by Crippen LogP contribution is 2.28. The van der Waals surface area contributed by atoms with Gasteiger partial charge in [-0.1, -0.05) is 12.8 Å². The van der Waals surface area contributed by atoms with E-state index in [4.69, 9.17) is 4.74 Å². The van der Waals surface area contributed by atoms with Crippen molar-refractivity contribution in [2.75, 3.05) is 11.9 Å². The Morgan fingerprint density at radius 3 is 2.78 bits per heavy atom. The summed E-state index contributed by atoms with van der Waals surface area (Å²) in [5.74, 6) is -0.273. The summed E-state index contributed by atoms with van der Waals surface area (Å²) in [6.07, 6.45) is 5.06. The number of rotatable bonds is 4. The second kappa shape index (κ2) is 6.23. The lowest BCUT2D eigenvalue weighted by Crippen LogP contribution is -2.15. The number of nitrogens with one attached hydrogen (secondary N) is 1. The van der Waals surface area contributed by atoms with Crippen LogP contribution in [-0.2, 0) is 4.74 Å². The van der Waals surface area contributed by atoms with E-state index >= 15 is 0 Å². The average Bonchev–Trinajstić information content (AvgIpc) is 2.85. The maximum Gasteiger partial charge on any atom is 0.338 e. The van der Waals surface area contributed by atoms with Crippen molar-refractivity contribution < 1.29 is 9.53 Å². The summed E-state index contributed by atoms with van der Waals surface area (Å²) in [6.45, 7) is 2.21. The molecule has 0 saturated heterocycles. The van der Waals surface area contributed by atoms with Crippen LogP contribution in [0.3, 0.4) is 0 Å². The van der Waals surface area contributed by atoms with E-state index in [1.165, 1.54) is 25.7 Å². The van der Waals surface area contributed by atoms with Gasteiger partial charge in [-0.25, -0.2) is 4.79 Å². The molecule has 0 aromatic heterocycles. The molecule has 98 valence electrons. The number of anilines is 1. The van der Waals surface area contributed by atoms with Crippen LogP contribution in [-0.4, -0.2) is 18.6 Å². The van der Waals surface area contributed by atoms with Crippen LogP contribution in [0, 0.1) is 0 Å². The van der Waals surface area contributed by atoms with Gasteiger partial charge in [-0.05, 0) is 53.9 Å². The topological polar surface area (TPSA) is 38.3 Å². The fraction of sp³-hybridized carbons (Fsp3) is 0.500. The summed E-state index contributed by atoms with van der Waals surface area (Å²) in [7, 11) is 0. The lowest BCUT2D eigenvalue weighted by molar-refractivity contribution is 0.0526. The molecule has 18 heavy (non-hydrogen) atoms. The van der Waals surface area contributed by atoms with Gasteiger partial charge < -0.3 is 10.1 Å². The zero-order valence-corrected chi connectivity index (χ0v) is 12.1. The average molecular weight is 312 g/mol. The molecule has 0 aliphatic heterocycles. The molecule has 0 unspecified atom stereocenters. The van der Waals surface area contributed by atoms with Crippen LogP contribution in [0.15, 0.2) is 22.7 Å². The molecular formula is C14H18BrNO2. The van der Waals surface area contributed by atoms with Gasteiger partial charge in [0.1, 0.15) is 0 Å². The van der Waals surface area contributed by atoms with Gasteiger partial charge in [0, 0.05) is 16.2 Å². The number of hydrogen-bond acceptors (Lipinski definition) is 3. The quantitative estimate of drug-likeness (QED) is 0.855. The Kier molecular flexibility index (Phi) is 4.64. The highest BCUT2D eigenvalue weighted by atomic mass is 79.9. The largest absolute Gasteiger partial charge is 0.462 e. The smallest absolute Gasteiger partial charge is 0.338 e. The monoisotopic (exact) mass is 311 g/mol. The summed E-state index contributed by atoms with van der Waals surface area (Å²) >= 11 is 3.50. The van der Waals surface area contributed by atoms with Gasteiger partial charge in [0.2, 0.25) is 0 Å². The Hall–Kier alpha value is -1.03. The molecule has 1 saturated carbocycles. The first-order valence-electron chi connectivity index (χ1n) is 6.44. The number of ether oxygens (including phenoxy) is 1. The molecule has 1 fully saturated rings. The van der Waals surface area contributed by atoms with Gasteiger partial charge in [-0.3, -0.25) is 0 Å². The second-order valence-electron chi connectivity index (χ2n) is 4.54. The third-order valence-corrected chi connectivity index (χ3v) is 3.85. The predicted octanol–water partition coefficient (Wildman–Crippen LogP) is 3.98. The fourth-order valence-corrected chi connectivity index (χ4v) is 2.76. The van der Waals surface area contributed by atoms with Crippen molar-refractivity contribution in [1.29, 1.82) is 0 Å². The van der Waals surface area contributed by atoms with E-state index in [9.17, 15) is 4.79 Å². The number of benzene rings is 1. The molecule has 1 aromatic rings. The summed E-state index contributed by atoms with van der Waals surface area (Å²) < 4.78 is 5.89. The number of carbonyl (C=O) groups is 1. The predicted molar refractivity (Wildman–Crippen MR) is 76.0 cm³/mol. The van der Waals surface area contributed by atoms with Crippen molar-refractivity contribution in [2.24, 2.45) is 0 Å². The molecule has 0 amide bonds. The Labute approximate surface area is 116 Å². The minimum Gasteiger partial charge on any atom is -0.462 e. The minimum atomic E-state index is -0.273. The molecule has 0 radical (unpaired) electrons. The molecule has 2 rings (SSSR count). The van der Waals surface area contributed by atoms with Gasteiger partial charge >= 0.3 is 5.97 Å². The highest BCUT2D eigenvalue weighted by Gasteiger charge is 2.16. The van der Waals surface area contributed by atoms with E-state index < -0.39 is 0 Å². The van der Waals surface area contributed by atoms with E-state index in [-0.39, 0.29) is 5.97 Å². The Bertz CT molecular complexity index is 428. The van der Waals surface area contributed by atoms with Crippen molar-refractivity contribution in [3.63, 3.8) is 0 Å². The Morgan fingerprint density at radius 1 is 1.44 bits per heavy atom. The van der Waals surface area contributed by atoms with Crippen molar-refractivity contribution in [2.45, 2.75) is 38.6 Å². The summed E-state index contributed by atoms with van der Waals surface area (Å²) in [4.78, 5) is 11.6. The molecule has 0 heterocycles. The van der Waals surface area contributed by atoms with Crippen molar-refractivity contribution in [3.05, 3.63) is 28.2 Å². The molecule has 1 aliphatic carbocycles. The molecular weight excluding hydrogens is 294 g/mol. The summed E-state index contributed by atoms with van der Waals surface area (Å²) in [5, 5.41) is 3.51. The standard InChI is InChI=1S/C14H18BrNO2/c1-2-18-14(17)10-7-8-13(12(15)9-10)16-11-5-3-4-6-11/h7-9,11,16H,2-6H2,1H3. The van der Waals surface area contributed by atoms with E-state index in [0.717, 1.165) is 10.2 Å². The molecule has 0 atom stereocenters. The van der Waals surface area contributed by atoms with Gasteiger partial charge in [-0.2, -0.15) is 0 Å². The van der Waals surface area contributed by atoms with Crippen LogP contribution in [0.5, 0.6) is 0 Å². The first-order chi connectivity index (χ1) is 8.70. The number of esters is 1. The van der Waals surface area contributed by atoms with Crippen LogP contribution in [0.1, 0.15) is 43.0 Å². The molecule has 1 N–H and O–H groups in total. The third-order valence-electron chi connectivity index (χ3n) is 3.20. The van der Waals surface area contributed by atoms with Crippen LogP contribution >= 0.6 is 15.9 Å². The van der Waals surface area contributed by atoms with Crippen LogP contribution in [0.2, 0.25) is 0 Å². The summed E-state index contributed by atoms with van der Waals surface area (Å²) in [5.41, 5.74) is 1.63. The zero-order chi connectivity index (χ0) is 13.0. The Morgan fingerprint density at radius 2 is 2.17 bits per heavy atom. The lowest BCUT2D eigenvalue weighted by atomic mass is 10.2. The molecule has 3 nitrogen and oxygen atoms in total. The van der Waals surface area contributed by atoms with Gasteiger partial charge in [-0.15, -0.1) is 0 Å². The van der Waals surface area contributed by atoms with E-state index in [2.05, 4.69) is 21.2 Å². The maximum atomic E-state index is 11.6. The maximum absolute atomic E-state index is 11.6. The molecule has 1 aliphatic rings. The SMILES string of the molecule is CCOC(=O)c1ccc(NC2CCCC2)c(Br)c1. The first-order valence-corrected chi connectivity index (χ1v) is 7.23. The molecule has 4 heteroatoms. The van der Waals surface area contributed by atoms with E-state index in [1.807, 2.05) is 19.1 Å². The van der Waals surface area contributed by atoms with Gasteiger partial charge in [0.25, 0.3) is 0 Å². The molecule has 0 bridgehead atoms. The normalized spacial score (nSPS) is 15.7. The fourth-order valence-electron chi connectivity index (χ4n) is 2.26. The van der Waals surface area contributed by atoms with Crippen LogP contribution < -0.4 is 5.32 Å². The van der Waals surface area contributed by atoms with Gasteiger partial charge in [0.15, 0.2) is 0 Å². The van der Waals surface area contributed by atoms with Crippen molar-refractivity contribution in [3.8, 4) is 0 Å². The third kappa shape index (κ3) is 3.25. The number of halogens is 1. The minimum absolute atomic E-state index is 0.273. The first kappa shape index (κ1) is 13.4. The van der Waals surface area contributed by atoms with Gasteiger partial charge in [0.05, 0.1) is 12.2 Å². The lowest BCUT2D eigenvalue weighted by Gasteiger charge is -2.15. The van der Waals surface area contributed by atoms with E-state index in [0.29, 0.717) is 18.2 Å². The van der Waals surface area contributed by atoms with Crippen molar-refractivity contribution in [1.82, 2.24) is 0 Å². The molecule has 1 aromatic carbocycles. The van der Waals surface area contributed by atoms with E-state index in [1.54, 1.807) is 6.07 Å².